The molecule has 2 amide bonds. The fourth-order valence-corrected chi connectivity index (χ4v) is 3.33. The Labute approximate surface area is 166 Å². The number of amides is 2. The summed E-state index contributed by atoms with van der Waals surface area (Å²) in [5.41, 5.74) is 4.43. The first-order valence-corrected chi connectivity index (χ1v) is 9.74. The second-order valence-electron chi connectivity index (χ2n) is 6.99. The summed E-state index contributed by atoms with van der Waals surface area (Å²) in [7, 11) is 0. The van der Waals surface area contributed by atoms with Gasteiger partial charge in [-0.2, -0.15) is 0 Å². The summed E-state index contributed by atoms with van der Waals surface area (Å²) < 4.78 is 0. The van der Waals surface area contributed by atoms with Crippen LogP contribution in [0.5, 0.6) is 0 Å². The predicted molar refractivity (Wildman–Crippen MR) is 113 cm³/mol. The molecule has 0 bridgehead atoms. The van der Waals surface area contributed by atoms with Gasteiger partial charge in [-0.15, -0.1) is 0 Å². The molecule has 1 heterocycles. The molecular weight excluding hydrogens is 360 g/mol. The first kappa shape index (κ1) is 19.5. The number of aryl methyl sites for hydroxylation is 2. The number of hydrogen-bond donors (Lipinski definition) is 2. The van der Waals surface area contributed by atoms with Gasteiger partial charge in [0.1, 0.15) is 0 Å². The molecule has 0 radical (unpaired) electrons. The number of urea groups is 1. The lowest BCUT2D eigenvalue weighted by Gasteiger charge is -2.36. The van der Waals surface area contributed by atoms with Crippen molar-refractivity contribution in [2.75, 3.05) is 49.5 Å². The molecule has 2 aromatic rings. The van der Waals surface area contributed by atoms with Crippen molar-refractivity contribution in [1.29, 1.82) is 0 Å². The molecule has 27 heavy (non-hydrogen) atoms. The molecular formula is C21H27ClN4O. The van der Waals surface area contributed by atoms with Gasteiger partial charge in [-0.25, -0.2) is 4.79 Å². The van der Waals surface area contributed by atoms with Crippen LogP contribution >= 0.6 is 11.6 Å². The Hall–Kier alpha value is -2.24. The van der Waals surface area contributed by atoms with E-state index in [9.17, 15) is 4.79 Å². The van der Waals surface area contributed by atoms with Gasteiger partial charge in [0.15, 0.2) is 0 Å². The Bertz CT molecular complexity index is 770. The number of halogens is 1. The van der Waals surface area contributed by atoms with Crippen molar-refractivity contribution >= 4 is 29.0 Å². The van der Waals surface area contributed by atoms with E-state index in [2.05, 4.69) is 39.5 Å². The van der Waals surface area contributed by atoms with Crippen LogP contribution < -0.4 is 15.5 Å². The molecule has 1 fully saturated rings. The monoisotopic (exact) mass is 386 g/mol. The van der Waals surface area contributed by atoms with Gasteiger partial charge in [0.2, 0.25) is 0 Å². The number of rotatable bonds is 5. The highest BCUT2D eigenvalue weighted by atomic mass is 35.5. The van der Waals surface area contributed by atoms with E-state index in [4.69, 9.17) is 11.6 Å². The number of hydrogen-bond acceptors (Lipinski definition) is 3. The van der Waals surface area contributed by atoms with Crippen molar-refractivity contribution in [3.63, 3.8) is 0 Å². The Kier molecular flexibility index (Phi) is 6.58. The summed E-state index contributed by atoms with van der Waals surface area (Å²) in [4.78, 5) is 16.8. The van der Waals surface area contributed by atoms with Crippen LogP contribution in [0.4, 0.5) is 16.2 Å². The minimum absolute atomic E-state index is 0.155. The highest BCUT2D eigenvalue weighted by molar-refractivity contribution is 6.30. The molecule has 1 aliphatic heterocycles. The third-order valence-electron chi connectivity index (χ3n) is 5.04. The fourth-order valence-electron chi connectivity index (χ4n) is 3.20. The molecule has 0 aromatic heterocycles. The highest BCUT2D eigenvalue weighted by Crippen LogP contribution is 2.19. The van der Waals surface area contributed by atoms with E-state index >= 15 is 0 Å². The van der Waals surface area contributed by atoms with Gasteiger partial charge in [0.05, 0.1) is 0 Å². The van der Waals surface area contributed by atoms with E-state index in [1.165, 1.54) is 16.8 Å². The summed E-state index contributed by atoms with van der Waals surface area (Å²) in [6.45, 7) is 9.54. The number of piperazine rings is 1. The van der Waals surface area contributed by atoms with Gasteiger partial charge in [-0.1, -0.05) is 17.7 Å². The van der Waals surface area contributed by atoms with Crippen LogP contribution in [0.1, 0.15) is 11.1 Å². The molecule has 3 rings (SSSR count). The summed E-state index contributed by atoms with van der Waals surface area (Å²) in [6, 6.07) is 13.8. The lowest BCUT2D eigenvalue weighted by atomic mass is 10.1. The highest BCUT2D eigenvalue weighted by Gasteiger charge is 2.17. The van der Waals surface area contributed by atoms with E-state index in [1.54, 1.807) is 0 Å². The van der Waals surface area contributed by atoms with Crippen LogP contribution in [0.25, 0.3) is 0 Å². The molecule has 0 atom stereocenters. The summed E-state index contributed by atoms with van der Waals surface area (Å²) in [6.07, 6.45) is 0. The van der Waals surface area contributed by atoms with Crippen LogP contribution in [0, 0.1) is 13.8 Å². The van der Waals surface area contributed by atoms with Crippen molar-refractivity contribution in [3.8, 4) is 0 Å². The van der Waals surface area contributed by atoms with Crippen LogP contribution in [-0.4, -0.2) is 50.2 Å². The number of carbonyl (C=O) groups is 1. The minimum atomic E-state index is -0.155. The second kappa shape index (κ2) is 9.11. The van der Waals surface area contributed by atoms with Gasteiger partial charge in [0, 0.05) is 55.7 Å². The van der Waals surface area contributed by atoms with E-state index in [0.717, 1.165) is 43.4 Å². The van der Waals surface area contributed by atoms with E-state index in [-0.39, 0.29) is 6.03 Å². The van der Waals surface area contributed by atoms with Crippen LogP contribution in [-0.2, 0) is 0 Å². The fraction of sp³-hybridized carbons (Fsp3) is 0.381. The van der Waals surface area contributed by atoms with Crippen molar-refractivity contribution < 1.29 is 4.79 Å². The minimum Gasteiger partial charge on any atom is -0.369 e. The first-order valence-electron chi connectivity index (χ1n) is 9.36. The van der Waals surface area contributed by atoms with Crippen LogP contribution in [0.2, 0.25) is 5.02 Å². The Morgan fingerprint density at radius 1 is 1.00 bits per heavy atom. The average Bonchev–Trinajstić information content (AvgIpc) is 2.66. The molecule has 6 heteroatoms. The predicted octanol–water partition coefficient (Wildman–Crippen LogP) is 3.90. The number of nitrogens with one attached hydrogen (secondary N) is 2. The molecule has 1 aliphatic rings. The number of anilines is 2. The Morgan fingerprint density at radius 2 is 1.70 bits per heavy atom. The number of carbonyl (C=O) groups excluding carboxylic acids is 1. The van der Waals surface area contributed by atoms with Gasteiger partial charge < -0.3 is 15.5 Å². The summed E-state index contributed by atoms with van der Waals surface area (Å²) in [5, 5.41) is 6.60. The van der Waals surface area contributed by atoms with E-state index in [1.807, 2.05) is 37.3 Å². The molecule has 0 spiro atoms. The molecule has 0 saturated carbocycles. The standard InChI is InChI=1S/C21H27ClN4O/c1-16-3-6-19(15-17(16)2)24-21(27)23-9-10-25-11-13-26(14-12-25)20-7-4-18(22)5-8-20/h3-8,15H,9-14H2,1-2H3,(H2,23,24,27). The molecule has 144 valence electrons. The van der Waals surface area contributed by atoms with Crippen molar-refractivity contribution in [2.24, 2.45) is 0 Å². The normalized spacial score (nSPS) is 14.9. The number of benzene rings is 2. The van der Waals surface area contributed by atoms with E-state index < -0.39 is 0 Å². The first-order chi connectivity index (χ1) is 13.0. The zero-order valence-electron chi connectivity index (χ0n) is 16.0. The molecule has 1 saturated heterocycles. The largest absolute Gasteiger partial charge is 0.369 e. The van der Waals surface area contributed by atoms with Gasteiger partial charge >= 0.3 is 6.03 Å². The third kappa shape index (κ3) is 5.62. The van der Waals surface area contributed by atoms with Crippen LogP contribution in [0.3, 0.4) is 0 Å². The average molecular weight is 387 g/mol. The maximum Gasteiger partial charge on any atom is 0.319 e. The molecule has 0 unspecified atom stereocenters. The Balaban J connectivity index is 1.36. The molecule has 2 N–H and O–H groups in total. The summed E-state index contributed by atoms with van der Waals surface area (Å²) >= 11 is 5.96. The van der Waals surface area contributed by atoms with E-state index in [0.29, 0.717) is 6.54 Å². The summed E-state index contributed by atoms with van der Waals surface area (Å²) in [5.74, 6) is 0. The number of nitrogens with zero attached hydrogens (tertiary/aromatic N) is 2. The maximum absolute atomic E-state index is 12.1. The SMILES string of the molecule is Cc1ccc(NC(=O)NCCN2CCN(c3ccc(Cl)cc3)CC2)cc1C. The zero-order valence-corrected chi connectivity index (χ0v) is 16.7. The molecule has 5 nitrogen and oxygen atoms in total. The smallest absolute Gasteiger partial charge is 0.319 e. The van der Waals surface area contributed by atoms with Crippen molar-refractivity contribution in [1.82, 2.24) is 10.2 Å². The topological polar surface area (TPSA) is 47.6 Å². The second-order valence-corrected chi connectivity index (χ2v) is 7.42. The van der Waals surface area contributed by atoms with Gasteiger partial charge in [-0.05, 0) is 61.4 Å². The quantitative estimate of drug-likeness (QED) is 0.819. The maximum atomic E-state index is 12.1. The molecule has 2 aromatic carbocycles. The van der Waals surface area contributed by atoms with Crippen LogP contribution in [0.15, 0.2) is 42.5 Å². The lowest BCUT2D eigenvalue weighted by molar-refractivity contribution is 0.240. The Morgan fingerprint density at radius 3 is 2.37 bits per heavy atom. The zero-order chi connectivity index (χ0) is 19.2. The van der Waals surface area contributed by atoms with Crippen molar-refractivity contribution in [2.45, 2.75) is 13.8 Å². The lowest BCUT2D eigenvalue weighted by Crippen LogP contribution is -2.48. The third-order valence-corrected chi connectivity index (χ3v) is 5.29. The van der Waals surface area contributed by atoms with Gasteiger partial charge in [-0.3, -0.25) is 4.90 Å². The molecule has 0 aliphatic carbocycles. The van der Waals surface area contributed by atoms with Crippen molar-refractivity contribution in [3.05, 3.63) is 58.6 Å². The van der Waals surface area contributed by atoms with Gasteiger partial charge in [0.25, 0.3) is 0 Å².